The maximum atomic E-state index is 12.8. The van der Waals surface area contributed by atoms with Crippen LogP contribution in [0, 0.1) is 5.92 Å². The van der Waals surface area contributed by atoms with Gasteiger partial charge in [0, 0.05) is 31.0 Å². The second-order valence-corrected chi connectivity index (χ2v) is 11.6. The first kappa shape index (κ1) is 32.2. The second kappa shape index (κ2) is 15.6. The van der Waals surface area contributed by atoms with E-state index in [0.717, 1.165) is 67.1 Å². The Labute approximate surface area is 245 Å². The van der Waals surface area contributed by atoms with E-state index in [1.165, 1.54) is 0 Å². The lowest BCUT2D eigenvalue weighted by Crippen LogP contribution is -2.24. The molecule has 1 aliphatic heterocycles. The minimum Gasteiger partial charge on any atom is -0.491 e. The van der Waals surface area contributed by atoms with Crippen LogP contribution in [0.15, 0.2) is 48.0 Å². The molecular weight excluding hydrogens is 518 g/mol. The van der Waals surface area contributed by atoms with E-state index in [4.69, 9.17) is 18.9 Å². The van der Waals surface area contributed by atoms with Crippen molar-refractivity contribution in [3.05, 3.63) is 53.6 Å². The first-order valence-corrected chi connectivity index (χ1v) is 14.9. The maximum Gasteiger partial charge on any atom is 0.334 e. The Bertz CT molecular complexity index is 1160. The van der Waals surface area contributed by atoms with Crippen LogP contribution < -0.4 is 9.64 Å². The van der Waals surface area contributed by atoms with E-state index >= 15 is 0 Å². The Hall–Kier alpha value is -3.32. The fourth-order valence-electron chi connectivity index (χ4n) is 4.77. The molecule has 0 aromatic heterocycles. The number of carbonyl (C=O) groups is 2. The summed E-state index contributed by atoms with van der Waals surface area (Å²) in [6.07, 6.45) is 5.43. The van der Waals surface area contributed by atoms with Crippen LogP contribution in [0.1, 0.15) is 72.8 Å². The van der Waals surface area contributed by atoms with Gasteiger partial charge in [-0.2, -0.15) is 0 Å². The molecule has 7 nitrogen and oxygen atoms in total. The molecule has 1 aliphatic rings. The van der Waals surface area contributed by atoms with Crippen molar-refractivity contribution >= 4 is 23.7 Å². The van der Waals surface area contributed by atoms with Gasteiger partial charge in [0.25, 0.3) is 0 Å². The summed E-state index contributed by atoms with van der Waals surface area (Å²) in [7, 11) is 0. The molecule has 1 saturated heterocycles. The number of benzene rings is 2. The summed E-state index contributed by atoms with van der Waals surface area (Å²) in [6, 6.07) is 14.3. The zero-order chi connectivity index (χ0) is 29.8. The number of anilines is 1. The molecule has 1 heterocycles. The monoisotopic (exact) mass is 565 g/mol. The van der Waals surface area contributed by atoms with Gasteiger partial charge >= 0.3 is 11.9 Å². The topological polar surface area (TPSA) is 74.3 Å². The lowest BCUT2D eigenvalue weighted by atomic mass is 9.99. The highest BCUT2D eigenvalue weighted by atomic mass is 16.6. The molecule has 0 radical (unpaired) electrons. The summed E-state index contributed by atoms with van der Waals surface area (Å²) >= 11 is 0. The third-order valence-corrected chi connectivity index (χ3v) is 6.83. The summed E-state index contributed by atoms with van der Waals surface area (Å²) in [6.45, 7) is 15.2. The van der Waals surface area contributed by atoms with Crippen molar-refractivity contribution < 1.29 is 28.5 Å². The quantitative estimate of drug-likeness (QED) is 0.138. The normalized spacial score (nSPS) is 15.6. The fraction of sp³-hybridized carbons (Fsp3) is 0.529. The van der Waals surface area contributed by atoms with Crippen LogP contribution in [0.2, 0.25) is 0 Å². The highest BCUT2D eigenvalue weighted by molar-refractivity contribution is 5.95. The minimum absolute atomic E-state index is 0.146. The molecule has 0 bridgehead atoms. The van der Waals surface area contributed by atoms with Gasteiger partial charge in [0.05, 0.1) is 19.6 Å². The van der Waals surface area contributed by atoms with E-state index in [0.29, 0.717) is 31.8 Å². The Morgan fingerprint density at radius 2 is 1.73 bits per heavy atom. The third kappa shape index (κ3) is 10.5. The van der Waals surface area contributed by atoms with E-state index in [1.54, 1.807) is 6.92 Å². The van der Waals surface area contributed by atoms with Crippen LogP contribution in [-0.2, 0) is 23.8 Å². The number of nitrogens with zero attached hydrogens (tertiary/aromatic N) is 1. The molecule has 1 unspecified atom stereocenters. The Balaban J connectivity index is 1.80. The standard InChI is InChI=1S/C34H47NO6/c1-7-9-18-38-19-20-40-30-13-10-27(11-14-30)28-12-15-31(35-17-16-26(24-35)22-32(36)39-8-2)29(23-28)21-25(3)33(37)41-34(4,5)6/h10-15,21,23,26H,7-9,16-20,22,24H2,1-6H3/b25-21+. The van der Waals surface area contributed by atoms with Crippen LogP contribution in [0.4, 0.5) is 5.69 Å². The smallest absolute Gasteiger partial charge is 0.334 e. The van der Waals surface area contributed by atoms with E-state index in [9.17, 15) is 9.59 Å². The molecular formula is C34H47NO6. The number of rotatable bonds is 14. The SMILES string of the molecule is CCCCOCCOc1ccc(-c2ccc(N3CCC(CC(=O)OCC)C3)c(/C=C(\C)C(=O)OC(C)(C)C)c2)cc1. The summed E-state index contributed by atoms with van der Waals surface area (Å²) < 4.78 is 22.2. The number of hydrogen-bond donors (Lipinski definition) is 0. The van der Waals surface area contributed by atoms with Crippen molar-refractivity contribution in [3.8, 4) is 16.9 Å². The first-order chi connectivity index (χ1) is 19.6. The zero-order valence-electron chi connectivity index (χ0n) is 25.7. The number of unbranched alkanes of at least 4 members (excludes halogenated alkanes) is 1. The predicted molar refractivity (Wildman–Crippen MR) is 164 cm³/mol. The molecule has 0 aliphatic carbocycles. The number of carbonyl (C=O) groups excluding carboxylic acids is 2. The van der Waals surface area contributed by atoms with Gasteiger partial charge in [-0.1, -0.05) is 31.5 Å². The van der Waals surface area contributed by atoms with Crippen LogP contribution >= 0.6 is 0 Å². The van der Waals surface area contributed by atoms with Gasteiger partial charge in [-0.05, 0) is 100 Å². The Morgan fingerprint density at radius 1 is 1.00 bits per heavy atom. The summed E-state index contributed by atoms with van der Waals surface area (Å²) in [5.74, 6) is 0.555. The number of ether oxygens (including phenoxy) is 4. The summed E-state index contributed by atoms with van der Waals surface area (Å²) in [5.41, 5.74) is 4.02. The number of hydrogen-bond acceptors (Lipinski definition) is 7. The third-order valence-electron chi connectivity index (χ3n) is 6.83. The molecule has 1 fully saturated rings. The molecule has 0 amide bonds. The first-order valence-electron chi connectivity index (χ1n) is 14.9. The van der Waals surface area contributed by atoms with Crippen molar-refractivity contribution in [3.63, 3.8) is 0 Å². The summed E-state index contributed by atoms with van der Waals surface area (Å²) in [4.78, 5) is 27.2. The van der Waals surface area contributed by atoms with Gasteiger partial charge in [0.2, 0.25) is 0 Å². The minimum atomic E-state index is -0.572. The van der Waals surface area contributed by atoms with Gasteiger partial charge in [-0.25, -0.2) is 4.79 Å². The van der Waals surface area contributed by atoms with Gasteiger partial charge in [0.1, 0.15) is 18.0 Å². The van der Waals surface area contributed by atoms with Crippen LogP contribution in [0.3, 0.4) is 0 Å². The van der Waals surface area contributed by atoms with Crippen LogP contribution in [-0.4, -0.2) is 57.1 Å². The Morgan fingerprint density at radius 3 is 2.41 bits per heavy atom. The lowest BCUT2D eigenvalue weighted by molar-refractivity contribution is -0.149. The van der Waals surface area contributed by atoms with E-state index in [2.05, 4.69) is 30.0 Å². The van der Waals surface area contributed by atoms with Crippen molar-refractivity contribution in [2.45, 2.75) is 72.8 Å². The average molecular weight is 566 g/mol. The molecule has 41 heavy (non-hydrogen) atoms. The lowest BCUT2D eigenvalue weighted by Gasteiger charge is -2.23. The molecule has 0 saturated carbocycles. The molecule has 3 rings (SSSR count). The van der Waals surface area contributed by atoms with Crippen LogP contribution in [0.25, 0.3) is 17.2 Å². The highest BCUT2D eigenvalue weighted by Gasteiger charge is 2.27. The Kier molecular flexibility index (Phi) is 12.3. The zero-order valence-corrected chi connectivity index (χ0v) is 25.7. The van der Waals surface area contributed by atoms with Crippen molar-refractivity contribution in [2.24, 2.45) is 5.92 Å². The second-order valence-electron chi connectivity index (χ2n) is 11.6. The van der Waals surface area contributed by atoms with E-state index < -0.39 is 5.60 Å². The van der Waals surface area contributed by atoms with E-state index in [1.807, 2.05) is 58.0 Å². The van der Waals surface area contributed by atoms with Gasteiger partial charge < -0.3 is 23.8 Å². The molecule has 224 valence electrons. The van der Waals surface area contributed by atoms with Crippen molar-refractivity contribution in [1.82, 2.24) is 0 Å². The average Bonchev–Trinajstić information content (AvgIpc) is 3.38. The largest absolute Gasteiger partial charge is 0.491 e. The van der Waals surface area contributed by atoms with Crippen LogP contribution in [0.5, 0.6) is 5.75 Å². The highest BCUT2D eigenvalue weighted by Crippen LogP contribution is 2.34. The van der Waals surface area contributed by atoms with Gasteiger partial charge in [-0.15, -0.1) is 0 Å². The predicted octanol–water partition coefficient (Wildman–Crippen LogP) is 7.07. The van der Waals surface area contributed by atoms with Crippen molar-refractivity contribution in [1.29, 1.82) is 0 Å². The molecule has 0 N–H and O–H groups in total. The molecule has 2 aromatic carbocycles. The molecule has 7 heteroatoms. The van der Waals surface area contributed by atoms with E-state index in [-0.39, 0.29) is 17.9 Å². The van der Waals surface area contributed by atoms with Gasteiger partial charge in [-0.3, -0.25) is 4.79 Å². The summed E-state index contributed by atoms with van der Waals surface area (Å²) in [5, 5.41) is 0. The molecule has 2 aromatic rings. The fourth-order valence-corrected chi connectivity index (χ4v) is 4.77. The molecule has 0 spiro atoms. The maximum absolute atomic E-state index is 12.8. The van der Waals surface area contributed by atoms with Gasteiger partial charge in [0.15, 0.2) is 0 Å². The van der Waals surface area contributed by atoms with Crippen molar-refractivity contribution in [2.75, 3.05) is 44.4 Å². The molecule has 1 atom stereocenters. The number of esters is 2.